The number of nitro benzene ring substituents is 1. The first-order chi connectivity index (χ1) is 9.43. The van der Waals surface area contributed by atoms with Crippen LogP contribution >= 0.6 is 15.9 Å². The van der Waals surface area contributed by atoms with Crippen LogP contribution < -0.4 is 10.6 Å². The van der Waals surface area contributed by atoms with Crippen LogP contribution in [0.25, 0.3) is 0 Å². The summed E-state index contributed by atoms with van der Waals surface area (Å²) in [5.74, 6) is 0. The number of hydrogen-bond acceptors (Lipinski definition) is 5. The molecule has 1 unspecified atom stereocenters. The molecule has 0 spiro atoms. The molecule has 0 bridgehead atoms. The maximum absolute atomic E-state index is 11.0. The molecule has 1 aliphatic heterocycles. The lowest BCUT2D eigenvalue weighted by atomic mass is 10.1. The van der Waals surface area contributed by atoms with E-state index in [1.54, 1.807) is 13.0 Å². The summed E-state index contributed by atoms with van der Waals surface area (Å²) in [6.45, 7) is 5.06. The van der Waals surface area contributed by atoms with Crippen molar-refractivity contribution in [1.82, 2.24) is 4.90 Å². The predicted octanol–water partition coefficient (Wildman–Crippen LogP) is 1.74. The number of piperazine rings is 1. The van der Waals surface area contributed by atoms with Crippen molar-refractivity contribution in [3.63, 3.8) is 0 Å². The van der Waals surface area contributed by atoms with Gasteiger partial charge in [-0.05, 0) is 36.0 Å². The molecule has 1 heterocycles. The summed E-state index contributed by atoms with van der Waals surface area (Å²) < 4.78 is 0.748. The summed E-state index contributed by atoms with van der Waals surface area (Å²) in [4.78, 5) is 15.1. The van der Waals surface area contributed by atoms with E-state index >= 15 is 0 Å². The second kappa shape index (κ2) is 6.07. The van der Waals surface area contributed by atoms with Crippen molar-refractivity contribution in [3.8, 4) is 0 Å². The Hall–Kier alpha value is -1.18. The maximum Gasteiger partial charge on any atom is 0.273 e. The first-order valence-electron chi connectivity index (χ1n) is 6.53. The SMILES string of the molecule is Cc1cc(N2CCN(C)CC2CN)c(Br)cc1[N+](=O)[O-]. The molecule has 0 aromatic heterocycles. The average molecular weight is 343 g/mol. The van der Waals surface area contributed by atoms with Crippen LogP contribution in [0.5, 0.6) is 0 Å². The molecule has 1 atom stereocenters. The Morgan fingerprint density at radius 1 is 1.50 bits per heavy atom. The van der Waals surface area contributed by atoms with Crippen molar-refractivity contribution < 1.29 is 4.92 Å². The molecule has 0 amide bonds. The van der Waals surface area contributed by atoms with Gasteiger partial charge in [-0.3, -0.25) is 10.1 Å². The molecule has 110 valence electrons. The Morgan fingerprint density at radius 3 is 2.80 bits per heavy atom. The molecule has 1 fully saturated rings. The number of nitrogens with two attached hydrogens (primary N) is 1. The Labute approximate surface area is 126 Å². The van der Waals surface area contributed by atoms with Crippen LogP contribution in [0, 0.1) is 17.0 Å². The minimum atomic E-state index is -0.353. The fraction of sp³-hybridized carbons (Fsp3) is 0.538. The maximum atomic E-state index is 11.0. The summed E-state index contributed by atoms with van der Waals surface area (Å²) in [5.41, 5.74) is 7.66. The molecule has 1 saturated heterocycles. The largest absolute Gasteiger partial charge is 0.364 e. The van der Waals surface area contributed by atoms with Gasteiger partial charge in [0.05, 0.1) is 16.7 Å². The van der Waals surface area contributed by atoms with E-state index < -0.39 is 0 Å². The predicted molar refractivity (Wildman–Crippen MR) is 83.2 cm³/mol. The third kappa shape index (κ3) is 2.94. The number of anilines is 1. The molecular formula is C13H19BrN4O2. The van der Waals surface area contributed by atoms with E-state index in [0.717, 1.165) is 29.8 Å². The Kier molecular flexibility index (Phi) is 4.62. The van der Waals surface area contributed by atoms with E-state index in [1.165, 1.54) is 0 Å². The van der Waals surface area contributed by atoms with Crippen LogP contribution in [-0.2, 0) is 0 Å². The Morgan fingerprint density at radius 2 is 2.20 bits per heavy atom. The lowest BCUT2D eigenvalue weighted by Crippen LogP contribution is -2.55. The molecule has 1 aromatic carbocycles. The number of hydrogen-bond donors (Lipinski definition) is 1. The third-order valence-corrected chi connectivity index (χ3v) is 4.36. The second-order valence-electron chi connectivity index (χ2n) is 5.19. The molecule has 2 rings (SSSR count). The van der Waals surface area contributed by atoms with Crippen LogP contribution in [-0.4, -0.2) is 49.1 Å². The number of nitro groups is 1. The van der Waals surface area contributed by atoms with E-state index in [9.17, 15) is 10.1 Å². The quantitative estimate of drug-likeness (QED) is 0.668. The molecule has 20 heavy (non-hydrogen) atoms. The summed E-state index contributed by atoms with van der Waals surface area (Å²) >= 11 is 3.46. The van der Waals surface area contributed by atoms with Crippen LogP contribution in [0.15, 0.2) is 16.6 Å². The molecule has 0 saturated carbocycles. The van der Waals surface area contributed by atoms with Gasteiger partial charge in [0.15, 0.2) is 0 Å². The molecule has 7 heteroatoms. The van der Waals surface area contributed by atoms with Crippen molar-refractivity contribution in [2.75, 3.05) is 38.1 Å². The minimum absolute atomic E-state index is 0.138. The first-order valence-corrected chi connectivity index (χ1v) is 7.33. The van der Waals surface area contributed by atoms with Crippen molar-refractivity contribution in [2.24, 2.45) is 5.73 Å². The zero-order valence-electron chi connectivity index (χ0n) is 11.7. The van der Waals surface area contributed by atoms with Gasteiger partial charge in [0, 0.05) is 42.3 Å². The summed E-state index contributed by atoms with van der Waals surface area (Å²) in [7, 11) is 2.08. The first kappa shape index (κ1) is 15.2. The van der Waals surface area contributed by atoms with Crippen molar-refractivity contribution in [3.05, 3.63) is 32.3 Å². The van der Waals surface area contributed by atoms with Crippen LogP contribution in [0.4, 0.5) is 11.4 Å². The second-order valence-corrected chi connectivity index (χ2v) is 6.05. The normalized spacial score (nSPS) is 20.2. The molecule has 2 N–H and O–H groups in total. The fourth-order valence-corrected chi connectivity index (χ4v) is 3.16. The van der Waals surface area contributed by atoms with Crippen molar-refractivity contribution in [1.29, 1.82) is 0 Å². The monoisotopic (exact) mass is 342 g/mol. The number of halogens is 1. The van der Waals surface area contributed by atoms with Crippen molar-refractivity contribution >= 4 is 27.3 Å². The standard InChI is InChI=1S/C13H19BrN4O2/c1-9-5-13(11(14)6-12(9)18(19)20)17-4-3-16(2)8-10(17)7-15/h5-6,10H,3-4,7-8,15H2,1-2H3. The molecule has 1 aliphatic rings. The van der Waals surface area contributed by atoms with E-state index in [2.05, 4.69) is 32.8 Å². The van der Waals surface area contributed by atoms with Crippen LogP contribution in [0.1, 0.15) is 5.56 Å². The van der Waals surface area contributed by atoms with Crippen LogP contribution in [0.3, 0.4) is 0 Å². The Bertz CT molecular complexity index is 523. The highest BCUT2D eigenvalue weighted by Gasteiger charge is 2.27. The van der Waals surface area contributed by atoms with Gasteiger partial charge in [0.1, 0.15) is 0 Å². The highest BCUT2D eigenvalue weighted by atomic mass is 79.9. The minimum Gasteiger partial charge on any atom is -0.364 e. The van der Waals surface area contributed by atoms with Gasteiger partial charge in [0.25, 0.3) is 5.69 Å². The Balaban J connectivity index is 2.37. The van der Waals surface area contributed by atoms with Crippen molar-refractivity contribution in [2.45, 2.75) is 13.0 Å². The summed E-state index contributed by atoms with van der Waals surface area (Å²) in [6, 6.07) is 3.68. The average Bonchev–Trinajstić information content (AvgIpc) is 2.40. The van der Waals surface area contributed by atoms with Gasteiger partial charge in [-0.15, -0.1) is 0 Å². The van der Waals surface area contributed by atoms with Gasteiger partial charge in [-0.25, -0.2) is 0 Å². The van der Waals surface area contributed by atoms with Gasteiger partial charge in [-0.1, -0.05) is 0 Å². The van der Waals surface area contributed by atoms with E-state index in [0.29, 0.717) is 12.1 Å². The molecule has 0 aliphatic carbocycles. The number of benzene rings is 1. The van der Waals surface area contributed by atoms with Crippen LogP contribution in [0.2, 0.25) is 0 Å². The number of nitrogens with zero attached hydrogens (tertiary/aromatic N) is 3. The fourth-order valence-electron chi connectivity index (χ4n) is 2.60. The summed E-state index contributed by atoms with van der Waals surface area (Å²) in [6.07, 6.45) is 0. The molecule has 1 aromatic rings. The smallest absolute Gasteiger partial charge is 0.273 e. The molecule has 0 radical (unpaired) electrons. The van der Waals surface area contributed by atoms with Gasteiger partial charge < -0.3 is 15.5 Å². The van der Waals surface area contributed by atoms with Gasteiger partial charge in [-0.2, -0.15) is 0 Å². The number of rotatable bonds is 3. The zero-order valence-corrected chi connectivity index (χ0v) is 13.3. The number of aryl methyl sites for hydroxylation is 1. The highest BCUT2D eigenvalue weighted by molar-refractivity contribution is 9.10. The van der Waals surface area contributed by atoms with E-state index in [-0.39, 0.29) is 16.7 Å². The molecular weight excluding hydrogens is 324 g/mol. The lowest BCUT2D eigenvalue weighted by Gasteiger charge is -2.41. The number of likely N-dealkylation sites (N-methyl/N-ethyl adjacent to an activating group) is 1. The molecule has 6 nitrogen and oxygen atoms in total. The topological polar surface area (TPSA) is 75.6 Å². The van der Waals surface area contributed by atoms with Gasteiger partial charge in [0.2, 0.25) is 0 Å². The van der Waals surface area contributed by atoms with E-state index in [1.807, 2.05) is 6.07 Å². The third-order valence-electron chi connectivity index (χ3n) is 3.73. The van der Waals surface area contributed by atoms with Gasteiger partial charge >= 0.3 is 0 Å². The highest BCUT2D eigenvalue weighted by Crippen LogP contribution is 2.34. The lowest BCUT2D eigenvalue weighted by molar-refractivity contribution is -0.385. The zero-order chi connectivity index (χ0) is 14.9. The summed E-state index contributed by atoms with van der Waals surface area (Å²) in [5, 5.41) is 11.0. The van der Waals surface area contributed by atoms with E-state index in [4.69, 9.17) is 5.73 Å².